The molecule has 0 radical (unpaired) electrons. The first-order valence-electron chi connectivity index (χ1n) is 5.70. The highest BCUT2D eigenvalue weighted by molar-refractivity contribution is 7.18. The van der Waals surface area contributed by atoms with E-state index < -0.39 is 0 Å². The van der Waals surface area contributed by atoms with Crippen molar-refractivity contribution in [2.45, 2.75) is 0 Å². The van der Waals surface area contributed by atoms with E-state index in [1.165, 1.54) is 31.6 Å². The highest BCUT2D eigenvalue weighted by Gasteiger charge is 2.03. The van der Waals surface area contributed by atoms with Crippen LogP contribution < -0.4 is 0 Å². The van der Waals surface area contributed by atoms with Crippen LogP contribution in [0.5, 0.6) is 0 Å². The van der Waals surface area contributed by atoms with Crippen molar-refractivity contribution >= 4 is 43.0 Å². The van der Waals surface area contributed by atoms with Crippen molar-refractivity contribution in [2.75, 3.05) is 0 Å². The van der Waals surface area contributed by atoms with E-state index in [2.05, 4.69) is 60.0 Å². The van der Waals surface area contributed by atoms with Crippen LogP contribution in [0.3, 0.4) is 0 Å². The molecule has 17 heavy (non-hydrogen) atoms. The van der Waals surface area contributed by atoms with E-state index in [0.29, 0.717) is 0 Å². The largest absolute Gasteiger partial charge is 0.143 e. The zero-order valence-corrected chi connectivity index (χ0v) is 10.00. The maximum absolute atomic E-state index is 2.31. The molecule has 80 valence electrons. The van der Waals surface area contributed by atoms with Crippen molar-refractivity contribution in [3.63, 3.8) is 0 Å². The maximum atomic E-state index is 2.31. The van der Waals surface area contributed by atoms with Gasteiger partial charge in [-0.05, 0) is 45.1 Å². The zero-order chi connectivity index (χ0) is 11.2. The number of fused-ring (bicyclic) bond motifs is 4. The molecule has 0 nitrogen and oxygen atoms in total. The standard InChI is InChI=1S/C16H10S/c1-2-4-13-10-15-14(9-12(13)3-1)6-5-11-7-8-17-16(11)15/h1-10H. The molecule has 0 fully saturated rings. The van der Waals surface area contributed by atoms with E-state index in [9.17, 15) is 0 Å². The van der Waals surface area contributed by atoms with Crippen LogP contribution in [-0.2, 0) is 0 Å². The molecule has 0 N–H and O–H groups in total. The quantitative estimate of drug-likeness (QED) is 0.366. The maximum Gasteiger partial charge on any atom is 0.0421 e. The molecule has 3 aromatic carbocycles. The molecule has 4 rings (SSSR count). The van der Waals surface area contributed by atoms with E-state index in [-0.39, 0.29) is 0 Å². The molecule has 0 aliphatic rings. The summed E-state index contributed by atoms with van der Waals surface area (Å²) < 4.78 is 1.40. The number of thiophene rings is 1. The van der Waals surface area contributed by atoms with Crippen LogP contribution >= 0.6 is 11.3 Å². The van der Waals surface area contributed by atoms with E-state index in [0.717, 1.165) is 0 Å². The summed E-state index contributed by atoms with van der Waals surface area (Å²) in [6.45, 7) is 0. The predicted molar refractivity (Wildman–Crippen MR) is 76.8 cm³/mol. The van der Waals surface area contributed by atoms with E-state index >= 15 is 0 Å². The average molecular weight is 234 g/mol. The van der Waals surface area contributed by atoms with Gasteiger partial charge in [-0.3, -0.25) is 0 Å². The van der Waals surface area contributed by atoms with Gasteiger partial charge >= 0.3 is 0 Å². The Labute approximate surface area is 103 Å². The monoisotopic (exact) mass is 234 g/mol. The second-order valence-electron chi connectivity index (χ2n) is 4.33. The van der Waals surface area contributed by atoms with Crippen molar-refractivity contribution in [1.29, 1.82) is 0 Å². The second kappa shape index (κ2) is 3.31. The van der Waals surface area contributed by atoms with Crippen molar-refractivity contribution < 1.29 is 0 Å². The molecular weight excluding hydrogens is 224 g/mol. The van der Waals surface area contributed by atoms with Crippen molar-refractivity contribution in [2.24, 2.45) is 0 Å². The summed E-state index contributed by atoms with van der Waals surface area (Å²) in [5, 5.41) is 8.85. The van der Waals surface area contributed by atoms with Crippen LogP contribution in [0.1, 0.15) is 0 Å². The Hall–Kier alpha value is -1.86. The van der Waals surface area contributed by atoms with Crippen LogP contribution in [0.2, 0.25) is 0 Å². The zero-order valence-electron chi connectivity index (χ0n) is 9.18. The Morgan fingerprint density at radius 3 is 2.29 bits per heavy atom. The van der Waals surface area contributed by atoms with Gasteiger partial charge < -0.3 is 0 Å². The molecule has 0 spiro atoms. The highest BCUT2D eigenvalue weighted by Crippen LogP contribution is 2.32. The molecule has 0 amide bonds. The fourth-order valence-electron chi connectivity index (χ4n) is 2.44. The summed E-state index contributed by atoms with van der Waals surface area (Å²) >= 11 is 1.83. The highest BCUT2D eigenvalue weighted by atomic mass is 32.1. The Balaban J connectivity index is 2.29. The number of benzene rings is 3. The van der Waals surface area contributed by atoms with Gasteiger partial charge in [0.25, 0.3) is 0 Å². The topological polar surface area (TPSA) is 0 Å². The first kappa shape index (κ1) is 9.20. The lowest BCUT2D eigenvalue weighted by Gasteiger charge is -2.03. The van der Waals surface area contributed by atoms with Gasteiger partial charge in [-0.2, -0.15) is 0 Å². The smallest absolute Gasteiger partial charge is 0.0421 e. The summed E-state index contributed by atoms with van der Waals surface area (Å²) in [5.41, 5.74) is 0. The van der Waals surface area contributed by atoms with Gasteiger partial charge in [0, 0.05) is 10.1 Å². The molecule has 0 aliphatic carbocycles. The van der Waals surface area contributed by atoms with Gasteiger partial charge in [-0.15, -0.1) is 11.3 Å². The number of hydrogen-bond acceptors (Lipinski definition) is 1. The van der Waals surface area contributed by atoms with Crippen molar-refractivity contribution in [3.05, 3.63) is 60.0 Å². The summed E-state index contributed by atoms with van der Waals surface area (Å²) in [6.07, 6.45) is 0. The van der Waals surface area contributed by atoms with E-state index in [4.69, 9.17) is 0 Å². The third kappa shape index (κ3) is 1.29. The molecule has 1 heterocycles. The molecule has 0 saturated carbocycles. The minimum Gasteiger partial charge on any atom is -0.143 e. The van der Waals surface area contributed by atoms with Gasteiger partial charge in [0.2, 0.25) is 0 Å². The van der Waals surface area contributed by atoms with Crippen LogP contribution in [0.15, 0.2) is 60.0 Å². The number of rotatable bonds is 0. The van der Waals surface area contributed by atoms with Gasteiger partial charge in [-0.25, -0.2) is 0 Å². The fraction of sp³-hybridized carbons (Fsp3) is 0. The molecular formula is C16H10S. The first-order chi connectivity index (χ1) is 8.42. The minimum absolute atomic E-state index is 1.32. The average Bonchev–Trinajstić information content (AvgIpc) is 2.85. The summed E-state index contributed by atoms with van der Waals surface area (Å²) in [6, 6.07) is 19.8. The predicted octanol–water partition coefficient (Wildman–Crippen LogP) is 5.21. The molecule has 0 unspecified atom stereocenters. The normalized spacial score (nSPS) is 11.5. The van der Waals surface area contributed by atoms with Gasteiger partial charge in [0.1, 0.15) is 0 Å². The van der Waals surface area contributed by atoms with Crippen molar-refractivity contribution in [3.8, 4) is 0 Å². The lowest BCUT2D eigenvalue weighted by atomic mass is 10.0. The molecule has 0 atom stereocenters. The van der Waals surface area contributed by atoms with Gasteiger partial charge in [0.15, 0.2) is 0 Å². The lowest BCUT2D eigenvalue weighted by molar-refractivity contribution is 1.80. The van der Waals surface area contributed by atoms with E-state index in [1.54, 1.807) is 0 Å². The second-order valence-corrected chi connectivity index (χ2v) is 5.24. The summed E-state index contributed by atoms with van der Waals surface area (Å²) in [5.74, 6) is 0. The lowest BCUT2D eigenvalue weighted by Crippen LogP contribution is -1.76. The number of hydrogen-bond donors (Lipinski definition) is 0. The summed E-state index contributed by atoms with van der Waals surface area (Å²) in [7, 11) is 0. The molecule has 1 aromatic heterocycles. The molecule has 1 heteroatoms. The Kier molecular flexibility index (Phi) is 1.79. The molecule has 0 saturated heterocycles. The SMILES string of the molecule is c1ccc2cc3c(ccc4ccsc43)cc2c1. The van der Waals surface area contributed by atoms with Crippen molar-refractivity contribution in [1.82, 2.24) is 0 Å². The molecule has 4 aromatic rings. The van der Waals surface area contributed by atoms with Gasteiger partial charge in [0.05, 0.1) is 0 Å². The van der Waals surface area contributed by atoms with Crippen LogP contribution in [0.25, 0.3) is 31.6 Å². The Bertz CT molecular complexity index is 840. The van der Waals surface area contributed by atoms with Crippen LogP contribution in [0, 0.1) is 0 Å². The third-order valence-electron chi connectivity index (χ3n) is 3.30. The first-order valence-corrected chi connectivity index (χ1v) is 6.58. The fourth-order valence-corrected chi connectivity index (χ4v) is 3.37. The molecule has 0 aliphatic heterocycles. The third-order valence-corrected chi connectivity index (χ3v) is 4.26. The Morgan fingerprint density at radius 2 is 1.41 bits per heavy atom. The Morgan fingerprint density at radius 1 is 0.647 bits per heavy atom. The van der Waals surface area contributed by atoms with Gasteiger partial charge in [-0.1, -0.05) is 36.4 Å². The van der Waals surface area contributed by atoms with Crippen LogP contribution in [-0.4, -0.2) is 0 Å². The minimum atomic E-state index is 1.32. The summed E-state index contributed by atoms with van der Waals surface area (Å²) in [4.78, 5) is 0. The van der Waals surface area contributed by atoms with Crippen LogP contribution in [0.4, 0.5) is 0 Å². The molecule has 0 bridgehead atoms. The van der Waals surface area contributed by atoms with E-state index in [1.807, 2.05) is 11.3 Å².